The van der Waals surface area contributed by atoms with Gasteiger partial charge in [0.25, 0.3) is 0 Å². The molecule has 0 saturated heterocycles. The van der Waals surface area contributed by atoms with Crippen LogP contribution in [0.1, 0.15) is 0 Å². The molecule has 2 aliphatic rings. The van der Waals surface area contributed by atoms with Gasteiger partial charge in [-0.1, -0.05) is 24.3 Å². The van der Waals surface area contributed by atoms with Crippen LogP contribution in [-0.4, -0.2) is 16.3 Å². The lowest BCUT2D eigenvalue weighted by molar-refractivity contribution is -0.132. The Labute approximate surface area is 74.7 Å². The van der Waals surface area contributed by atoms with Crippen molar-refractivity contribution >= 4 is 17.7 Å². The molecule has 12 heavy (non-hydrogen) atoms. The molecule has 0 radical (unpaired) electrons. The average Bonchev–Trinajstić information content (AvgIpc) is 2.49. The van der Waals surface area contributed by atoms with Gasteiger partial charge in [0.05, 0.1) is 5.57 Å². The van der Waals surface area contributed by atoms with E-state index in [4.69, 9.17) is 5.11 Å². The van der Waals surface area contributed by atoms with Gasteiger partial charge in [0.1, 0.15) is 0 Å². The highest BCUT2D eigenvalue weighted by Crippen LogP contribution is 2.35. The van der Waals surface area contributed by atoms with E-state index in [0.717, 1.165) is 0 Å². The SMILES string of the molecule is O=C(O)C1=CC2C=CSC2C=C1. The van der Waals surface area contributed by atoms with Gasteiger partial charge in [-0.2, -0.15) is 0 Å². The zero-order valence-corrected chi connectivity index (χ0v) is 7.12. The Balaban J connectivity index is 2.25. The molecule has 1 heterocycles. The van der Waals surface area contributed by atoms with E-state index < -0.39 is 5.97 Å². The molecule has 0 fully saturated rings. The number of hydrogen-bond donors (Lipinski definition) is 1. The van der Waals surface area contributed by atoms with Crippen molar-refractivity contribution < 1.29 is 9.90 Å². The number of carboxylic acids is 1. The van der Waals surface area contributed by atoms with E-state index in [1.807, 2.05) is 23.6 Å². The predicted octanol–water partition coefficient (Wildman–Crippen LogP) is 1.81. The molecule has 2 rings (SSSR count). The maximum Gasteiger partial charge on any atom is 0.335 e. The molecule has 1 N–H and O–H groups in total. The maximum atomic E-state index is 10.6. The smallest absolute Gasteiger partial charge is 0.335 e. The van der Waals surface area contributed by atoms with E-state index in [2.05, 4.69) is 0 Å². The van der Waals surface area contributed by atoms with Crippen LogP contribution >= 0.6 is 11.8 Å². The standard InChI is InChI=1S/C9H8O2S/c10-9(11)7-1-2-8-6(5-7)3-4-12-8/h1-6,8H,(H,10,11). The molecule has 62 valence electrons. The summed E-state index contributed by atoms with van der Waals surface area (Å²) >= 11 is 1.74. The number of allylic oxidation sites excluding steroid dienone is 2. The summed E-state index contributed by atoms with van der Waals surface area (Å²) in [4.78, 5) is 10.6. The molecule has 2 nitrogen and oxygen atoms in total. The Bertz CT molecular complexity index is 302. The Morgan fingerprint density at radius 3 is 3.08 bits per heavy atom. The topological polar surface area (TPSA) is 37.3 Å². The molecule has 2 atom stereocenters. The zero-order valence-electron chi connectivity index (χ0n) is 6.31. The Kier molecular flexibility index (Phi) is 1.81. The molecule has 1 aliphatic carbocycles. The first-order valence-electron chi connectivity index (χ1n) is 3.73. The summed E-state index contributed by atoms with van der Waals surface area (Å²) < 4.78 is 0. The van der Waals surface area contributed by atoms with Gasteiger partial charge >= 0.3 is 5.97 Å². The van der Waals surface area contributed by atoms with Crippen LogP contribution in [0.2, 0.25) is 0 Å². The number of carboxylic acid groups (broad SMARTS) is 1. The highest BCUT2D eigenvalue weighted by atomic mass is 32.2. The van der Waals surface area contributed by atoms with Gasteiger partial charge in [-0.25, -0.2) is 4.79 Å². The average molecular weight is 180 g/mol. The fourth-order valence-electron chi connectivity index (χ4n) is 1.36. The van der Waals surface area contributed by atoms with E-state index in [0.29, 0.717) is 10.8 Å². The number of carbonyl (C=O) groups is 1. The van der Waals surface area contributed by atoms with Crippen LogP contribution in [0, 0.1) is 5.92 Å². The first kappa shape index (κ1) is 7.68. The van der Waals surface area contributed by atoms with Crippen molar-refractivity contribution in [3.05, 3.63) is 35.3 Å². The summed E-state index contributed by atoms with van der Waals surface area (Å²) in [6.45, 7) is 0. The van der Waals surface area contributed by atoms with Crippen molar-refractivity contribution in [2.24, 2.45) is 5.92 Å². The molecule has 0 bridgehead atoms. The third-order valence-corrected chi connectivity index (χ3v) is 3.10. The minimum Gasteiger partial charge on any atom is -0.478 e. The minimum absolute atomic E-state index is 0.283. The number of fused-ring (bicyclic) bond motifs is 1. The third kappa shape index (κ3) is 1.20. The molecule has 0 aromatic heterocycles. The minimum atomic E-state index is -0.838. The van der Waals surface area contributed by atoms with Gasteiger partial charge in [-0.3, -0.25) is 0 Å². The van der Waals surface area contributed by atoms with Crippen LogP contribution in [0.5, 0.6) is 0 Å². The second-order valence-electron chi connectivity index (χ2n) is 2.79. The molecule has 2 unspecified atom stereocenters. The van der Waals surface area contributed by atoms with Crippen LogP contribution in [0.3, 0.4) is 0 Å². The normalized spacial score (nSPS) is 31.5. The quantitative estimate of drug-likeness (QED) is 0.668. The van der Waals surface area contributed by atoms with E-state index in [9.17, 15) is 4.79 Å². The lowest BCUT2D eigenvalue weighted by Gasteiger charge is -2.15. The predicted molar refractivity (Wildman–Crippen MR) is 48.9 cm³/mol. The van der Waals surface area contributed by atoms with Gasteiger partial charge in [-0.05, 0) is 5.41 Å². The van der Waals surface area contributed by atoms with Gasteiger partial charge in [0.2, 0.25) is 0 Å². The molecule has 3 heteroatoms. The summed E-state index contributed by atoms with van der Waals surface area (Å²) in [6.07, 6.45) is 7.49. The van der Waals surface area contributed by atoms with Gasteiger partial charge in [0, 0.05) is 11.2 Å². The summed E-state index contributed by atoms with van der Waals surface area (Å²) in [6, 6.07) is 0. The number of hydrogen-bond acceptors (Lipinski definition) is 2. The van der Waals surface area contributed by atoms with Gasteiger partial charge in [0.15, 0.2) is 0 Å². The van der Waals surface area contributed by atoms with Crippen molar-refractivity contribution in [2.45, 2.75) is 5.25 Å². The van der Waals surface area contributed by atoms with Crippen LogP contribution in [0.15, 0.2) is 35.3 Å². The molecule has 1 aliphatic heterocycles. The van der Waals surface area contributed by atoms with Crippen LogP contribution in [-0.2, 0) is 4.79 Å². The van der Waals surface area contributed by atoms with Crippen molar-refractivity contribution in [3.63, 3.8) is 0 Å². The second-order valence-corrected chi connectivity index (χ2v) is 3.88. The second kappa shape index (κ2) is 2.83. The zero-order chi connectivity index (χ0) is 8.55. The lowest BCUT2D eigenvalue weighted by atomic mass is 9.96. The van der Waals surface area contributed by atoms with E-state index >= 15 is 0 Å². The molecule has 0 saturated carbocycles. The summed E-state index contributed by atoms with van der Waals surface area (Å²) in [5.41, 5.74) is 0.406. The Morgan fingerprint density at radius 2 is 2.33 bits per heavy atom. The molecule has 0 aromatic carbocycles. The molecule has 0 amide bonds. The van der Waals surface area contributed by atoms with E-state index in [1.54, 1.807) is 17.8 Å². The van der Waals surface area contributed by atoms with Crippen molar-refractivity contribution in [1.29, 1.82) is 0 Å². The van der Waals surface area contributed by atoms with Crippen LogP contribution < -0.4 is 0 Å². The van der Waals surface area contributed by atoms with Gasteiger partial charge < -0.3 is 5.11 Å². The van der Waals surface area contributed by atoms with Crippen molar-refractivity contribution in [1.82, 2.24) is 0 Å². The van der Waals surface area contributed by atoms with E-state index in [1.165, 1.54) is 0 Å². The van der Waals surface area contributed by atoms with Crippen LogP contribution in [0.25, 0.3) is 0 Å². The Morgan fingerprint density at radius 1 is 1.50 bits per heavy atom. The summed E-state index contributed by atoms with van der Waals surface area (Å²) in [5.74, 6) is -0.555. The maximum absolute atomic E-state index is 10.6. The lowest BCUT2D eigenvalue weighted by Crippen LogP contribution is -2.13. The number of thioether (sulfide) groups is 1. The number of aliphatic carboxylic acids is 1. The highest BCUT2D eigenvalue weighted by Gasteiger charge is 2.23. The molecular formula is C9H8O2S. The van der Waals surface area contributed by atoms with E-state index in [-0.39, 0.29) is 5.92 Å². The fraction of sp³-hybridized carbons (Fsp3) is 0.222. The molecule has 0 aromatic rings. The monoisotopic (exact) mass is 180 g/mol. The largest absolute Gasteiger partial charge is 0.478 e. The van der Waals surface area contributed by atoms with Gasteiger partial charge in [-0.15, -0.1) is 11.8 Å². The van der Waals surface area contributed by atoms with Crippen molar-refractivity contribution in [2.75, 3.05) is 0 Å². The summed E-state index contributed by atoms with van der Waals surface area (Å²) in [7, 11) is 0. The fourth-order valence-corrected chi connectivity index (χ4v) is 2.33. The number of rotatable bonds is 1. The highest BCUT2D eigenvalue weighted by molar-refractivity contribution is 8.03. The molecular weight excluding hydrogens is 172 g/mol. The van der Waals surface area contributed by atoms with Crippen molar-refractivity contribution in [3.8, 4) is 0 Å². The first-order chi connectivity index (χ1) is 5.77. The molecule has 0 spiro atoms. The third-order valence-electron chi connectivity index (χ3n) is 2.00. The summed E-state index contributed by atoms with van der Waals surface area (Å²) in [5, 5.41) is 11.2. The van der Waals surface area contributed by atoms with Crippen LogP contribution in [0.4, 0.5) is 0 Å². The first-order valence-corrected chi connectivity index (χ1v) is 4.67. The Hall–Kier alpha value is -0.960.